The molecule has 5 nitrogen and oxygen atoms in total. The predicted octanol–water partition coefficient (Wildman–Crippen LogP) is 2.29. The van der Waals surface area contributed by atoms with E-state index in [9.17, 15) is 9.90 Å². The number of rotatable bonds is 4. The number of hydrogen-bond acceptors (Lipinski definition) is 5. The van der Waals surface area contributed by atoms with Gasteiger partial charge in [-0.2, -0.15) is 0 Å². The molecule has 1 aliphatic carbocycles. The van der Waals surface area contributed by atoms with Gasteiger partial charge in [-0.3, -0.25) is 0 Å². The lowest BCUT2D eigenvalue weighted by Gasteiger charge is -2.35. The number of furan rings is 1. The lowest BCUT2D eigenvalue weighted by atomic mass is 9.75. The summed E-state index contributed by atoms with van der Waals surface area (Å²) in [5.41, 5.74) is -1.65. The van der Waals surface area contributed by atoms with E-state index in [-0.39, 0.29) is 12.0 Å². The predicted molar refractivity (Wildman–Crippen MR) is 81.2 cm³/mol. The number of likely N-dealkylation sites (tertiary alicyclic amines) is 1. The Kier molecular flexibility index (Phi) is 4.54. The van der Waals surface area contributed by atoms with Crippen molar-refractivity contribution in [2.24, 2.45) is 5.92 Å². The Morgan fingerprint density at radius 1 is 1.36 bits per heavy atom. The molecule has 2 heterocycles. The third-order valence-electron chi connectivity index (χ3n) is 5.03. The van der Waals surface area contributed by atoms with E-state index in [0.29, 0.717) is 5.76 Å². The van der Waals surface area contributed by atoms with Gasteiger partial charge in [0.05, 0.1) is 6.26 Å². The van der Waals surface area contributed by atoms with Gasteiger partial charge >= 0.3 is 5.97 Å². The smallest absolute Gasteiger partial charge is 0.346 e. The SMILES string of the molecule is CN1CC[C@@H](OC(=O)C(O)(c2ccco2)C2CCCCC2)C1. The first kappa shape index (κ1) is 15.6. The van der Waals surface area contributed by atoms with Crippen LogP contribution in [0, 0.1) is 5.92 Å². The molecule has 0 amide bonds. The molecule has 0 spiro atoms. The standard InChI is InChI=1S/C17H25NO4/c1-18-10-9-14(12-18)22-16(19)17(20,15-8-5-11-21-15)13-6-3-2-4-7-13/h5,8,11,13-14,20H,2-4,6-7,9-10,12H2,1H3/t14-,17?/m1/s1. The number of esters is 1. The van der Waals surface area contributed by atoms with Crippen molar-refractivity contribution in [3.63, 3.8) is 0 Å². The van der Waals surface area contributed by atoms with Crippen LogP contribution in [0.2, 0.25) is 0 Å². The molecule has 1 aromatic rings. The number of carbonyl (C=O) groups excluding carboxylic acids is 1. The maximum absolute atomic E-state index is 12.8. The highest BCUT2D eigenvalue weighted by atomic mass is 16.6. The van der Waals surface area contributed by atoms with Crippen molar-refractivity contribution in [3.8, 4) is 0 Å². The van der Waals surface area contributed by atoms with Crippen LogP contribution in [0.4, 0.5) is 0 Å². The summed E-state index contributed by atoms with van der Waals surface area (Å²) in [4.78, 5) is 14.9. The first-order valence-corrected chi connectivity index (χ1v) is 8.26. The fourth-order valence-corrected chi connectivity index (χ4v) is 3.72. The summed E-state index contributed by atoms with van der Waals surface area (Å²) in [7, 11) is 2.01. The molecule has 2 fully saturated rings. The zero-order chi connectivity index (χ0) is 15.6. The summed E-state index contributed by atoms with van der Waals surface area (Å²) in [6, 6.07) is 3.39. The Morgan fingerprint density at radius 3 is 2.73 bits per heavy atom. The normalized spacial score (nSPS) is 26.7. The fourth-order valence-electron chi connectivity index (χ4n) is 3.72. The highest BCUT2D eigenvalue weighted by Crippen LogP contribution is 2.41. The summed E-state index contributed by atoms with van der Waals surface area (Å²) in [6.07, 6.45) is 7.07. The van der Waals surface area contributed by atoms with Crippen molar-refractivity contribution < 1.29 is 19.1 Å². The van der Waals surface area contributed by atoms with Crippen LogP contribution in [-0.4, -0.2) is 42.2 Å². The molecule has 0 bridgehead atoms. The van der Waals surface area contributed by atoms with Crippen molar-refractivity contribution in [3.05, 3.63) is 24.2 Å². The van der Waals surface area contributed by atoms with Crippen LogP contribution < -0.4 is 0 Å². The minimum Gasteiger partial charge on any atom is -0.466 e. The van der Waals surface area contributed by atoms with Gasteiger partial charge in [0.25, 0.3) is 0 Å². The van der Waals surface area contributed by atoms with E-state index in [1.54, 1.807) is 12.1 Å². The molecule has 3 rings (SSSR count). The monoisotopic (exact) mass is 307 g/mol. The second kappa shape index (κ2) is 6.42. The Labute approximate surface area is 131 Å². The van der Waals surface area contributed by atoms with Gasteiger partial charge in [0.2, 0.25) is 5.60 Å². The quantitative estimate of drug-likeness (QED) is 0.865. The van der Waals surface area contributed by atoms with Crippen LogP contribution in [0.5, 0.6) is 0 Å². The molecular formula is C17H25NO4. The van der Waals surface area contributed by atoms with Crippen LogP contribution >= 0.6 is 0 Å². The minimum atomic E-state index is -1.65. The number of hydrogen-bond donors (Lipinski definition) is 1. The van der Waals surface area contributed by atoms with Crippen molar-refractivity contribution in [2.75, 3.05) is 20.1 Å². The molecule has 1 saturated carbocycles. The zero-order valence-corrected chi connectivity index (χ0v) is 13.2. The number of aliphatic hydroxyl groups is 1. The molecule has 0 radical (unpaired) electrons. The molecule has 1 N–H and O–H groups in total. The molecule has 0 aromatic carbocycles. The van der Waals surface area contributed by atoms with Crippen molar-refractivity contribution >= 4 is 5.97 Å². The second-order valence-corrected chi connectivity index (χ2v) is 6.66. The van der Waals surface area contributed by atoms with Gasteiger partial charge in [-0.25, -0.2) is 4.79 Å². The van der Waals surface area contributed by atoms with Gasteiger partial charge in [0, 0.05) is 19.0 Å². The van der Waals surface area contributed by atoms with E-state index < -0.39 is 11.6 Å². The van der Waals surface area contributed by atoms with Crippen LogP contribution in [0.1, 0.15) is 44.3 Å². The van der Waals surface area contributed by atoms with Crippen molar-refractivity contribution in [2.45, 2.75) is 50.2 Å². The number of carbonyl (C=O) groups is 1. The summed E-state index contributed by atoms with van der Waals surface area (Å²) in [5.74, 6) is -0.357. The Morgan fingerprint density at radius 2 is 2.14 bits per heavy atom. The van der Waals surface area contributed by atoms with E-state index >= 15 is 0 Å². The summed E-state index contributed by atoms with van der Waals surface area (Å²) in [5, 5.41) is 11.2. The van der Waals surface area contributed by atoms with E-state index in [2.05, 4.69) is 4.90 Å². The van der Waals surface area contributed by atoms with E-state index in [1.807, 2.05) is 7.05 Å². The number of ether oxygens (including phenoxy) is 1. The third-order valence-corrected chi connectivity index (χ3v) is 5.03. The Bertz CT molecular complexity index is 495. The summed E-state index contributed by atoms with van der Waals surface area (Å²) < 4.78 is 11.0. The largest absolute Gasteiger partial charge is 0.466 e. The molecule has 5 heteroatoms. The topological polar surface area (TPSA) is 62.9 Å². The van der Waals surface area contributed by atoms with E-state index in [0.717, 1.165) is 51.6 Å². The van der Waals surface area contributed by atoms with E-state index in [1.165, 1.54) is 6.26 Å². The molecule has 1 unspecified atom stereocenters. The lowest BCUT2D eigenvalue weighted by Crippen LogP contribution is -2.46. The maximum atomic E-state index is 12.8. The summed E-state index contributed by atoms with van der Waals surface area (Å²) >= 11 is 0. The Hall–Kier alpha value is -1.33. The van der Waals surface area contributed by atoms with Gasteiger partial charge in [-0.05, 0) is 38.4 Å². The summed E-state index contributed by atoms with van der Waals surface area (Å²) in [6.45, 7) is 1.64. The zero-order valence-electron chi connectivity index (χ0n) is 13.2. The molecule has 22 heavy (non-hydrogen) atoms. The molecule has 122 valence electrons. The molecule has 1 aliphatic heterocycles. The van der Waals surface area contributed by atoms with Gasteiger partial charge in [0.15, 0.2) is 0 Å². The average Bonchev–Trinajstić information content (AvgIpc) is 3.19. The van der Waals surface area contributed by atoms with Crippen LogP contribution in [0.3, 0.4) is 0 Å². The van der Waals surface area contributed by atoms with Crippen molar-refractivity contribution in [1.82, 2.24) is 4.90 Å². The lowest BCUT2D eigenvalue weighted by molar-refractivity contribution is -0.183. The second-order valence-electron chi connectivity index (χ2n) is 6.66. The maximum Gasteiger partial charge on any atom is 0.346 e. The van der Waals surface area contributed by atoms with Gasteiger partial charge in [0.1, 0.15) is 11.9 Å². The molecule has 2 atom stereocenters. The number of nitrogens with zero attached hydrogens (tertiary/aromatic N) is 1. The first-order chi connectivity index (χ1) is 10.6. The average molecular weight is 307 g/mol. The Balaban J connectivity index is 1.80. The first-order valence-electron chi connectivity index (χ1n) is 8.26. The molecule has 1 saturated heterocycles. The fraction of sp³-hybridized carbons (Fsp3) is 0.706. The third kappa shape index (κ3) is 2.92. The highest BCUT2D eigenvalue weighted by molar-refractivity contribution is 5.81. The van der Waals surface area contributed by atoms with Crippen LogP contribution in [0.15, 0.2) is 22.8 Å². The molecule has 2 aliphatic rings. The minimum absolute atomic E-state index is 0.126. The molecule has 1 aromatic heterocycles. The number of likely N-dealkylation sites (N-methyl/N-ethyl adjacent to an activating group) is 1. The van der Waals surface area contributed by atoms with E-state index in [4.69, 9.17) is 9.15 Å². The van der Waals surface area contributed by atoms with Gasteiger partial charge in [-0.1, -0.05) is 19.3 Å². The molecular weight excluding hydrogens is 282 g/mol. The van der Waals surface area contributed by atoms with Crippen LogP contribution in [-0.2, 0) is 15.1 Å². The van der Waals surface area contributed by atoms with Gasteiger partial charge < -0.3 is 19.2 Å². The van der Waals surface area contributed by atoms with Crippen LogP contribution in [0.25, 0.3) is 0 Å². The van der Waals surface area contributed by atoms with Gasteiger partial charge in [-0.15, -0.1) is 0 Å². The van der Waals surface area contributed by atoms with Crippen molar-refractivity contribution in [1.29, 1.82) is 0 Å². The highest BCUT2D eigenvalue weighted by Gasteiger charge is 2.50.